The molecule has 0 amide bonds. The molecule has 54 valence electrons. The zero-order valence-corrected chi connectivity index (χ0v) is 5.24. The molecular formula is C4H11N3O2. The molecule has 0 heterocycles. The largest absolute Gasteiger partial charge is 0.480 e. The van der Waals surface area contributed by atoms with Gasteiger partial charge in [0.05, 0.1) is 0 Å². The minimum atomic E-state index is -0.998. The molecule has 0 fully saturated rings. The fraction of sp³-hybridized carbons (Fsp3) is 0.750. The van der Waals surface area contributed by atoms with Crippen molar-refractivity contribution in [1.29, 1.82) is 0 Å². The predicted octanol–water partition coefficient (Wildman–Crippen LogP) is -1.10. The summed E-state index contributed by atoms with van der Waals surface area (Å²) in [6.45, 7) is 1.70. The highest BCUT2D eigenvalue weighted by atomic mass is 16.4. The lowest BCUT2D eigenvalue weighted by atomic mass is 10.2. The molecule has 0 rings (SSSR count). The maximum atomic E-state index is 10.2. The molecule has 0 aliphatic carbocycles. The molecule has 0 aromatic carbocycles. The maximum Gasteiger partial charge on any atom is 0.323 e. The standard InChI is InChI=1S/C4H11N3O2/c1-2-3(4(8)9)7(5)6/h3H,2,5-6H2,1H3,(H,8,9). The molecule has 0 aromatic heterocycles. The summed E-state index contributed by atoms with van der Waals surface area (Å²) in [6, 6.07) is -0.773. The van der Waals surface area contributed by atoms with Gasteiger partial charge >= 0.3 is 5.97 Å². The average Bonchev–Trinajstić information content (AvgIpc) is 1.64. The Morgan fingerprint density at radius 3 is 2.22 bits per heavy atom. The van der Waals surface area contributed by atoms with E-state index in [0.29, 0.717) is 11.5 Å². The number of nitrogens with two attached hydrogens (primary N) is 2. The van der Waals surface area contributed by atoms with Crippen molar-refractivity contribution in [3.63, 3.8) is 0 Å². The normalized spacial score (nSPS) is 13.8. The van der Waals surface area contributed by atoms with Crippen molar-refractivity contribution in [3.05, 3.63) is 0 Å². The summed E-state index contributed by atoms with van der Waals surface area (Å²) < 4.78 is 0. The second-order valence-electron chi connectivity index (χ2n) is 1.71. The van der Waals surface area contributed by atoms with Crippen molar-refractivity contribution < 1.29 is 9.90 Å². The Morgan fingerprint density at radius 2 is 2.22 bits per heavy atom. The molecule has 5 heteroatoms. The van der Waals surface area contributed by atoms with E-state index in [2.05, 4.69) is 0 Å². The number of hydrazine groups is 2. The van der Waals surface area contributed by atoms with E-state index >= 15 is 0 Å². The van der Waals surface area contributed by atoms with E-state index in [-0.39, 0.29) is 0 Å². The summed E-state index contributed by atoms with van der Waals surface area (Å²) in [5.41, 5.74) is 0. The van der Waals surface area contributed by atoms with Gasteiger partial charge in [-0.3, -0.25) is 16.5 Å². The number of nitrogens with zero attached hydrogens (tertiary/aromatic N) is 1. The van der Waals surface area contributed by atoms with Crippen LogP contribution in [0.5, 0.6) is 0 Å². The lowest BCUT2D eigenvalue weighted by Crippen LogP contribution is -2.50. The molecule has 0 saturated heterocycles. The number of carbonyl (C=O) groups is 1. The molecule has 0 bridgehead atoms. The Morgan fingerprint density at radius 1 is 1.78 bits per heavy atom. The first-order valence-corrected chi connectivity index (χ1v) is 2.61. The number of aliphatic carboxylic acids is 1. The molecule has 0 aromatic rings. The topological polar surface area (TPSA) is 92.6 Å². The van der Waals surface area contributed by atoms with Crippen LogP contribution in [0, 0.1) is 0 Å². The van der Waals surface area contributed by atoms with Gasteiger partial charge in [-0.1, -0.05) is 6.92 Å². The number of rotatable bonds is 3. The van der Waals surface area contributed by atoms with Crippen molar-refractivity contribution >= 4 is 5.97 Å². The van der Waals surface area contributed by atoms with Gasteiger partial charge in [0.15, 0.2) is 0 Å². The number of hydrogen-bond acceptors (Lipinski definition) is 4. The lowest BCUT2D eigenvalue weighted by Gasteiger charge is -2.16. The minimum absolute atomic E-state index is 0.405. The molecule has 0 aliphatic rings. The quantitative estimate of drug-likeness (QED) is 0.335. The van der Waals surface area contributed by atoms with E-state index in [4.69, 9.17) is 16.8 Å². The van der Waals surface area contributed by atoms with Crippen molar-refractivity contribution in [2.45, 2.75) is 19.4 Å². The fourth-order valence-electron chi connectivity index (χ4n) is 0.513. The van der Waals surface area contributed by atoms with Crippen LogP contribution in [0.4, 0.5) is 0 Å². The average molecular weight is 133 g/mol. The van der Waals surface area contributed by atoms with Gasteiger partial charge in [0.2, 0.25) is 0 Å². The van der Waals surface area contributed by atoms with E-state index < -0.39 is 12.0 Å². The van der Waals surface area contributed by atoms with E-state index in [0.717, 1.165) is 0 Å². The van der Waals surface area contributed by atoms with Gasteiger partial charge in [-0.25, -0.2) is 0 Å². The van der Waals surface area contributed by atoms with E-state index in [1.165, 1.54) is 0 Å². The monoisotopic (exact) mass is 133 g/mol. The second-order valence-corrected chi connectivity index (χ2v) is 1.71. The molecular weight excluding hydrogens is 122 g/mol. The molecule has 0 saturated carbocycles. The second kappa shape index (κ2) is 3.39. The zero-order valence-electron chi connectivity index (χ0n) is 5.24. The summed E-state index contributed by atoms with van der Waals surface area (Å²) in [4.78, 5) is 10.2. The zero-order chi connectivity index (χ0) is 7.44. The highest BCUT2D eigenvalue weighted by Crippen LogP contribution is 1.93. The smallest absolute Gasteiger partial charge is 0.323 e. The van der Waals surface area contributed by atoms with Gasteiger partial charge < -0.3 is 5.11 Å². The Balaban J connectivity index is 3.83. The van der Waals surface area contributed by atoms with Crippen LogP contribution >= 0.6 is 0 Å². The predicted molar refractivity (Wildman–Crippen MR) is 31.9 cm³/mol. The van der Waals surface area contributed by atoms with Gasteiger partial charge in [-0.2, -0.15) is 5.12 Å². The molecule has 0 spiro atoms. The first-order chi connectivity index (χ1) is 4.09. The van der Waals surface area contributed by atoms with Crippen molar-refractivity contribution in [1.82, 2.24) is 5.12 Å². The number of carboxylic acids is 1. The Bertz CT molecular complexity index is 104. The Kier molecular flexibility index (Phi) is 3.15. The minimum Gasteiger partial charge on any atom is -0.480 e. The summed E-state index contributed by atoms with van der Waals surface area (Å²) in [6.07, 6.45) is 0.405. The molecule has 0 radical (unpaired) electrons. The summed E-state index contributed by atoms with van der Waals surface area (Å²) in [7, 11) is 0. The molecule has 0 aliphatic heterocycles. The van der Waals surface area contributed by atoms with Crippen LogP contribution in [-0.4, -0.2) is 22.2 Å². The molecule has 5 N–H and O–H groups in total. The van der Waals surface area contributed by atoms with E-state index in [1.807, 2.05) is 0 Å². The third kappa shape index (κ3) is 2.41. The van der Waals surface area contributed by atoms with Crippen LogP contribution in [0.2, 0.25) is 0 Å². The van der Waals surface area contributed by atoms with E-state index in [1.54, 1.807) is 6.92 Å². The van der Waals surface area contributed by atoms with Crippen molar-refractivity contribution in [2.75, 3.05) is 0 Å². The Labute approximate surface area is 53.2 Å². The SMILES string of the molecule is CCC(C(=O)O)N(N)N. The molecule has 9 heavy (non-hydrogen) atoms. The first-order valence-electron chi connectivity index (χ1n) is 2.61. The third-order valence-electron chi connectivity index (χ3n) is 1.03. The van der Waals surface area contributed by atoms with Crippen LogP contribution in [-0.2, 0) is 4.79 Å². The Hall–Kier alpha value is -0.650. The summed E-state index contributed by atoms with van der Waals surface area (Å²) >= 11 is 0. The molecule has 1 unspecified atom stereocenters. The molecule has 1 atom stereocenters. The van der Waals surface area contributed by atoms with Crippen molar-refractivity contribution in [3.8, 4) is 0 Å². The number of carboxylic acid groups (broad SMARTS) is 1. The van der Waals surface area contributed by atoms with Gasteiger partial charge in [-0.05, 0) is 6.42 Å². The number of hydrogen-bond donors (Lipinski definition) is 3. The highest BCUT2D eigenvalue weighted by Gasteiger charge is 2.17. The van der Waals surface area contributed by atoms with Crippen LogP contribution in [0.15, 0.2) is 0 Å². The van der Waals surface area contributed by atoms with Gasteiger partial charge in [-0.15, -0.1) is 0 Å². The van der Waals surface area contributed by atoms with Crippen LogP contribution in [0.1, 0.15) is 13.3 Å². The third-order valence-corrected chi connectivity index (χ3v) is 1.03. The summed E-state index contributed by atoms with van der Waals surface area (Å²) in [5.74, 6) is 8.96. The maximum absolute atomic E-state index is 10.2. The lowest BCUT2D eigenvalue weighted by molar-refractivity contribution is -0.143. The van der Waals surface area contributed by atoms with Crippen LogP contribution < -0.4 is 11.7 Å². The van der Waals surface area contributed by atoms with E-state index in [9.17, 15) is 4.79 Å². The fourth-order valence-corrected chi connectivity index (χ4v) is 0.513. The highest BCUT2D eigenvalue weighted by molar-refractivity contribution is 5.73. The van der Waals surface area contributed by atoms with Gasteiger partial charge in [0, 0.05) is 0 Å². The molecule has 5 nitrogen and oxygen atoms in total. The van der Waals surface area contributed by atoms with Crippen LogP contribution in [0.3, 0.4) is 0 Å². The van der Waals surface area contributed by atoms with Crippen LogP contribution in [0.25, 0.3) is 0 Å². The van der Waals surface area contributed by atoms with Gasteiger partial charge in [0.25, 0.3) is 0 Å². The summed E-state index contributed by atoms with van der Waals surface area (Å²) in [5, 5.41) is 9.04. The van der Waals surface area contributed by atoms with Crippen molar-refractivity contribution in [2.24, 2.45) is 11.7 Å². The first kappa shape index (κ1) is 8.35. The van der Waals surface area contributed by atoms with Gasteiger partial charge in [0.1, 0.15) is 6.04 Å².